The number of nitrogens with one attached hydrogen (secondary N) is 1. The van der Waals surface area contributed by atoms with Gasteiger partial charge in [-0.25, -0.2) is 4.98 Å². The molecule has 0 aliphatic rings. The minimum Gasteiger partial charge on any atom is -0.434 e. The molecular formula is C22H18N4O3. The van der Waals surface area contributed by atoms with E-state index in [2.05, 4.69) is 15.3 Å². The van der Waals surface area contributed by atoms with Gasteiger partial charge in [0, 0.05) is 5.69 Å². The Bertz CT molecular complexity index is 1220. The van der Waals surface area contributed by atoms with Crippen LogP contribution in [0.2, 0.25) is 0 Å². The molecule has 0 saturated heterocycles. The summed E-state index contributed by atoms with van der Waals surface area (Å²) in [4.78, 5) is 19.3. The van der Waals surface area contributed by atoms with Crippen molar-refractivity contribution in [3.8, 4) is 11.6 Å². The Hall–Kier alpha value is -4.00. The molecule has 0 bridgehead atoms. The van der Waals surface area contributed by atoms with Gasteiger partial charge in [0.1, 0.15) is 12.1 Å². The van der Waals surface area contributed by atoms with Gasteiger partial charge in [-0.1, -0.05) is 36.4 Å². The molecule has 1 N–H and O–H groups in total. The van der Waals surface area contributed by atoms with Gasteiger partial charge in [0.25, 0.3) is 0 Å². The van der Waals surface area contributed by atoms with Gasteiger partial charge >= 0.3 is 11.6 Å². The van der Waals surface area contributed by atoms with E-state index in [1.807, 2.05) is 68.4 Å². The number of hydrogen-bond donors (Lipinski definition) is 1. The second kappa shape index (κ2) is 7.55. The maximum Gasteiger partial charge on any atom is 0.373 e. The Morgan fingerprint density at radius 1 is 0.931 bits per heavy atom. The summed E-state index contributed by atoms with van der Waals surface area (Å²) in [5.74, 6) is 0.415. The smallest absolute Gasteiger partial charge is 0.373 e. The van der Waals surface area contributed by atoms with Crippen LogP contribution in [0.1, 0.15) is 11.1 Å². The lowest BCUT2D eigenvalue weighted by Gasteiger charge is -2.11. The highest BCUT2D eigenvalue weighted by atomic mass is 16.6. The molecular weight excluding hydrogens is 368 g/mol. The molecule has 0 saturated carbocycles. The van der Waals surface area contributed by atoms with Crippen LogP contribution in [0.4, 0.5) is 17.2 Å². The molecule has 0 aliphatic carbocycles. The minimum absolute atomic E-state index is 0.0732. The van der Waals surface area contributed by atoms with Gasteiger partial charge in [0.2, 0.25) is 5.82 Å². The van der Waals surface area contributed by atoms with Gasteiger partial charge in [-0.15, -0.1) is 0 Å². The van der Waals surface area contributed by atoms with Crippen LogP contribution in [-0.2, 0) is 0 Å². The number of nitro groups is 1. The van der Waals surface area contributed by atoms with Crippen LogP contribution >= 0.6 is 0 Å². The largest absolute Gasteiger partial charge is 0.434 e. The molecule has 0 fully saturated rings. The first kappa shape index (κ1) is 18.4. The summed E-state index contributed by atoms with van der Waals surface area (Å²) in [7, 11) is 0. The van der Waals surface area contributed by atoms with E-state index in [9.17, 15) is 10.1 Å². The zero-order chi connectivity index (χ0) is 20.4. The monoisotopic (exact) mass is 386 g/mol. The second-order valence-electron chi connectivity index (χ2n) is 6.67. The Labute approximate surface area is 167 Å². The number of fused-ring (bicyclic) bond motifs is 1. The Balaban J connectivity index is 1.70. The Kier molecular flexibility index (Phi) is 4.78. The number of anilines is 2. The summed E-state index contributed by atoms with van der Waals surface area (Å²) in [5, 5.41) is 16.8. The van der Waals surface area contributed by atoms with Crippen LogP contribution in [0.5, 0.6) is 11.6 Å². The molecule has 0 atom stereocenters. The molecule has 3 aromatic carbocycles. The summed E-state index contributed by atoms with van der Waals surface area (Å²) in [6.45, 7) is 3.98. The van der Waals surface area contributed by atoms with Gasteiger partial charge in [-0.2, -0.15) is 4.98 Å². The molecule has 0 unspecified atom stereocenters. The van der Waals surface area contributed by atoms with Gasteiger partial charge in [0.15, 0.2) is 0 Å². The maximum absolute atomic E-state index is 11.8. The first-order valence-electron chi connectivity index (χ1n) is 9.01. The van der Waals surface area contributed by atoms with Crippen molar-refractivity contribution in [1.29, 1.82) is 0 Å². The highest BCUT2D eigenvalue weighted by Gasteiger charge is 2.25. The molecule has 0 radical (unpaired) electrons. The number of aryl methyl sites for hydroxylation is 2. The molecule has 1 heterocycles. The number of hydrogen-bond acceptors (Lipinski definition) is 6. The molecule has 29 heavy (non-hydrogen) atoms. The molecule has 144 valence electrons. The summed E-state index contributed by atoms with van der Waals surface area (Å²) < 4.78 is 5.77. The van der Waals surface area contributed by atoms with Gasteiger partial charge < -0.3 is 10.1 Å². The molecule has 0 aliphatic heterocycles. The lowest BCUT2D eigenvalue weighted by molar-refractivity contribution is -0.385. The molecule has 4 aromatic rings. The van der Waals surface area contributed by atoms with Gasteiger partial charge in [-0.05, 0) is 60.0 Å². The number of rotatable bonds is 5. The zero-order valence-corrected chi connectivity index (χ0v) is 15.9. The van der Waals surface area contributed by atoms with Crippen molar-refractivity contribution in [2.45, 2.75) is 13.8 Å². The highest BCUT2D eigenvalue weighted by Crippen LogP contribution is 2.36. The van der Waals surface area contributed by atoms with Crippen LogP contribution in [0.25, 0.3) is 10.8 Å². The fraction of sp³-hybridized carbons (Fsp3) is 0.0909. The van der Waals surface area contributed by atoms with Crippen molar-refractivity contribution < 1.29 is 9.66 Å². The van der Waals surface area contributed by atoms with Crippen LogP contribution < -0.4 is 10.1 Å². The van der Waals surface area contributed by atoms with Crippen molar-refractivity contribution in [2.24, 2.45) is 0 Å². The van der Waals surface area contributed by atoms with E-state index >= 15 is 0 Å². The summed E-state index contributed by atoms with van der Waals surface area (Å²) in [6.07, 6.45) is 1.24. The van der Waals surface area contributed by atoms with Crippen molar-refractivity contribution in [2.75, 3.05) is 5.32 Å². The predicted molar refractivity (Wildman–Crippen MR) is 112 cm³/mol. The SMILES string of the molecule is Cc1ccc(Nc2ncnc(Oc3ccc4ccccc4c3)c2[N+](=O)[O-])cc1C. The van der Waals surface area contributed by atoms with Gasteiger partial charge in [-0.3, -0.25) is 10.1 Å². The first-order chi connectivity index (χ1) is 14.0. The standard InChI is InChI=1S/C22H18N4O3/c1-14-7-9-18(11-15(14)2)25-21-20(26(27)28)22(24-13-23-21)29-19-10-8-16-5-3-4-6-17(16)12-19/h3-13H,1-2H3,(H,23,24,25). The van der Waals surface area contributed by atoms with Crippen molar-refractivity contribution in [1.82, 2.24) is 9.97 Å². The highest BCUT2D eigenvalue weighted by molar-refractivity contribution is 5.83. The molecule has 1 aromatic heterocycles. The molecule has 0 amide bonds. The van der Waals surface area contributed by atoms with Crippen LogP contribution in [0.3, 0.4) is 0 Å². The maximum atomic E-state index is 11.8. The van der Waals surface area contributed by atoms with E-state index in [4.69, 9.17) is 4.74 Å². The fourth-order valence-corrected chi connectivity index (χ4v) is 2.99. The van der Waals surface area contributed by atoms with E-state index in [1.54, 1.807) is 6.07 Å². The van der Waals surface area contributed by atoms with Crippen molar-refractivity contribution in [3.63, 3.8) is 0 Å². The summed E-state index contributed by atoms with van der Waals surface area (Å²) in [6, 6.07) is 19.0. The molecule has 0 spiro atoms. The number of benzene rings is 3. The van der Waals surface area contributed by atoms with Crippen LogP contribution in [0.15, 0.2) is 67.0 Å². The van der Waals surface area contributed by atoms with E-state index in [1.165, 1.54) is 6.33 Å². The average molecular weight is 386 g/mol. The topological polar surface area (TPSA) is 90.2 Å². The number of nitrogens with zero attached hydrogens (tertiary/aromatic N) is 3. The quantitative estimate of drug-likeness (QED) is 0.350. The molecule has 7 heteroatoms. The summed E-state index contributed by atoms with van der Waals surface area (Å²) in [5.41, 5.74) is 2.58. The minimum atomic E-state index is -0.542. The fourth-order valence-electron chi connectivity index (χ4n) is 2.99. The average Bonchev–Trinajstić information content (AvgIpc) is 2.70. The third-order valence-electron chi connectivity index (χ3n) is 4.68. The third kappa shape index (κ3) is 3.84. The van der Waals surface area contributed by atoms with E-state index < -0.39 is 4.92 Å². The predicted octanol–water partition coefficient (Wildman–Crippen LogP) is 5.69. The normalized spacial score (nSPS) is 10.7. The lowest BCUT2D eigenvalue weighted by Crippen LogP contribution is -2.03. The Morgan fingerprint density at radius 2 is 1.72 bits per heavy atom. The third-order valence-corrected chi connectivity index (χ3v) is 4.68. The zero-order valence-electron chi connectivity index (χ0n) is 15.9. The lowest BCUT2D eigenvalue weighted by atomic mass is 10.1. The van der Waals surface area contributed by atoms with Crippen LogP contribution in [-0.4, -0.2) is 14.9 Å². The molecule has 4 rings (SSSR count). The van der Waals surface area contributed by atoms with Crippen LogP contribution in [0, 0.1) is 24.0 Å². The van der Waals surface area contributed by atoms with Crippen molar-refractivity contribution >= 4 is 28.0 Å². The van der Waals surface area contributed by atoms with E-state index in [0.717, 1.165) is 21.9 Å². The second-order valence-corrected chi connectivity index (χ2v) is 6.67. The van der Waals surface area contributed by atoms with E-state index in [-0.39, 0.29) is 17.4 Å². The first-order valence-corrected chi connectivity index (χ1v) is 9.01. The Morgan fingerprint density at radius 3 is 2.48 bits per heavy atom. The number of aromatic nitrogens is 2. The summed E-state index contributed by atoms with van der Waals surface area (Å²) >= 11 is 0. The number of ether oxygens (including phenoxy) is 1. The van der Waals surface area contributed by atoms with Crippen molar-refractivity contribution in [3.05, 3.63) is 88.2 Å². The molecule has 7 nitrogen and oxygen atoms in total. The van der Waals surface area contributed by atoms with Gasteiger partial charge in [0.05, 0.1) is 4.92 Å². The van der Waals surface area contributed by atoms with E-state index in [0.29, 0.717) is 11.4 Å².